The highest BCUT2D eigenvalue weighted by Crippen LogP contribution is 2.39. The second-order valence-corrected chi connectivity index (χ2v) is 6.84. The molecular formula is C19H24N6. The van der Waals surface area contributed by atoms with Crippen molar-refractivity contribution in [1.29, 1.82) is 0 Å². The molecule has 4 rings (SSSR count). The second-order valence-electron chi connectivity index (χ2n) is 6.84. The first kappa shape index (κ1) is 16.0. The van der Waals surface area contributed by atoms with Crippen molar-refractivity contribution in [2.24, 2.45) is 11.7 Å². The van der Waals surface area contributed by atoms with Crippen LogP contribution in [-0.2, 0) is 13.1 Å². The van der Waals surface area contributed by atoms with Gasteiger partial charge in [-0.3, -0.25) is 5.10 Å². The summed E-state index contributed by atoms with van der Waals surface area (Å²) in [5, 5.41) is 7.11. The minimum atomic E-state index is 0.378. The summed E-state index contributed by atoms with van der Waals surface area (Å²) in [7, 11) is 0. The van der Waals surface area contributed by atoms with Gasteiger partial charge in [0, 0.05) is 24.5 Å². The highest BCUT2D eigenvalue weighted by atomic mass is 15.2. The number of H-pyrrole nitrogens is 1. The Balaban J connectivity index is 1.52. The van der Waals surface area contributed by atoms with Crippen LogP contribution in [0.15, 0.2) is 43.0 Å². The van der Waals surface area contributed by atoms with Crippen molar-refractivity contribution in [2.45, 2.75) is 44.7 Å². The van der Waals surface area contributed by atoms with Crippen LogP contribution in [-0.4, -0.2) is 24.7 Å². The molecule has 6 heteroatoms. The van der Waals surface area contributed by atoms with E-state index >= 15 is 0 Å². The molecule has 1 saturated carbocycles. The van der Waals surface area contributed by atoms with Crippen LogP contribution in [0.4, 0.5) is 0 Å². The molecule has 0 radical (unpaired) electrons. The predicted octanol–water partition coefficient (Wildman–Crippen LogP) is 3.10. The van der Waals surface area contributed by atoms with Gasteiger partial charge in [-0.1, -0.05) is 37.1 Å². The molecule has 0 spiro atoms. The van der Waals surface area contributed by atoms with Gasteiger partial charge in [-0.2, -0.15) is 5.10 Å². The van der Waals surface area contributed by atoms with E-state index in [1.807, 2.05) is 12.5 Å². The van der Waals surface area contributed by atoms with Crippen LogP contribution in [0.1, 0.15) is 43.0 Å². The van der Waals surface area contributed by atoms with Crippen LogP contribution in [0.2, 0.25) is 0 Å². The zero-order valence-electron chi connectivity index (χ0n) is 14.3. The first-order chi connectivity index (χ1) is 12.3. The molecule has 130 valence electrons. The number of hydrogen-bond acceptors (Lipinski definition) is 4. The van der Waals surface area contributed by atoms with Gasteiger partial charge in [0.1, 0.15) is 5.82 Å². The average molecular weight is 336 g/mol. The number of aromatic nitrogens is 5. The fourth-order valence-electron chi connectivity index (χ4n) is 3.93. The van der Waals surface area contributed by atoms with Gasteiger partial charge in [0.05, 0.1) is 12.9 Å². The van der Waals surface area contributed by atoms with E-state index in [1.165, 1.54) is 31.2 Å². The standard InChI is InChI=1S/C19H24N6/c20-11-18-22-19(24-23-18)15-7-5-14(6-8-15)17-4-2-1-3-16(17)12-25-10-9-21-13-25/h5-10,13,16-17H,1-4,11-12,20H2,(H,22,23,24). The highest BCUT2D eigenvalue weighted by molar-refractivity contribution is 5.55. The number of benzene rings is 1. The summed E-state index contributed by atoms with van der Waals surface area (Å²) in [6.45, 7) is 1.43. The summed E-state index contributed by atoms with van der Waals surface area (Å²) in [6.07, 6.45) is 11.0. The highest BCUT2D eigenvalue weighted by Gasteiger charge is 2.26. The molecule has 2 atom stereocenters. The zero-order chi connectivity index (χ0) is 17.1. The number of rotatable bonds is 5. The Morgan fingerprint density at radius 2 is 2.00 bits per heavy atom. The third-order valence-corrected chi connectivity index (χ3v) is 5.24. The third kappa shape index (κ3) is 3.49. The molecule has 1 fully saturated rings. The average Bonchev–Trinajstić information content (AvgIpc) is 3.34. The molecule has 1 aliphatic rings. The van der Waals surface area contributed by atoms with Crippen molar-refractivity contribution < 1.29 is 0 Å². The summed E-state index contributed by atoms with van der Waals surface area (Å²) in [5.74, 6) is 2.70. The smallest absolute Gasteiger partial charge is 0.181 e. The molecule has 1 aromatic carbocycles. The van der Waals surface area contributed by atoms with Crippen molar-refractivity contribution in [1.82, 2.24) is 24.7 Å². The molecule has 0 saturated heterocycles. The van der Waals surface area contributed by atoms with E-state index < -0.39 is 0 Å². The molecule has 2 aromatic heterocycles. The van der Waals surface area contributed by atoms with Crippen molar-refractivity contribution in [2.75, 3.05) is 0 Å². The lowest BCUT2D eigenvalue weighted by Gasteiger charge is -2.32. The van der Waals surface area contributed by atoms with E-state index in [0.29, 0.717) is 30.0 Å². The van der Waals surface area contributed by atoms with E-state index in [9.17, 15) is 0 Å². The van der Waals surface area contributed by atoms with Crippen LogP contribution in [0, 0.1) is 5.92 Å². The lowest BCUT2D eigenvalue weighted by atomic mass is 9.75. The first-order valence-electron chi connectivity index (χ1n) is 9.01. The molecule has 2 heterocycles. The van der Waals surface area contributed by atoms with Gasteiger partial charge in [-0.15, -0.1) is 0 Å². The predicted molar refractivity (Wildman–Crippen MR) is 96.6 cm³/mol. The largest absolute Gasteiger partial charge is 0.337 e. The second kappa shape index (κ2) is 7.19. The van der Waals surface area contributed by atoms with Crippen molar-refractivity contribution in [3.05, 3.63) is 54.4 Å². The zero-order valence-corrected chi connectivity index (χ0v) is 14.3. The van der Waals surface area contributed by atoms with E-state index in [1.54, 1.807) is 0 Å². The SMILES string of the molecule is NCc1nc(-c2ccc(C3CCCCC3Cn3ccnc3)cc2)n[nH]1. The number of hydrogen-bond donors (Lipinski definition) is 2. The molecule has 2 unspecified atom stereocenters. The Morgan fingerprint density at radius 1 is 1.16 bits per heavy atom. The Hall–Kier alpha value is -2.47. The molecule has 6 nitrogen and oxygen atoms in total. The van der Waals surface area contributed by atoms with Gasteiger partial charge >= 0.3 is 0 Å². The van der Waals surface area contributed by atoms with Gasteiger partial charge in [-0.05, 0) is 30.2 Å². The van der Waals surface area contributed by atoms with E-state index in [4.69, 9.17) is 5.73 Å². The normalized spacial score (nSPS) is 20.7. The summed E-state index contributed by atoms with van der Waals surface area (Å²) in [4.78, 5) is 8.58. The summed E-state index contributed by atoms with van der Waals surface area (Å²) in [5.41, 5.74) is 8.04. The Labute approximate surface area is 147 Å². The quantitative estimate of drug-likeness (QED) is 0.749. The lowest BCUT2D eigenvalue weighted by molar-refractivity contribution is 0.274. The van der Waals surface area contributed by atoms with Gasteiger partial charge in [0.15, 0.2) is 5.82 Å². The molecular weight excluding hydrogens is 312 g/mol. The molecule has 25 heavy (non-hydrogen) atoms. The molecule has 3 N–H and O–H groups in total. The number of aromatic amines is 1. The Bertz CT molecular complexity index is 790. The van der Waals surface area contributed by atoms with Crippen LogP contribution in [0.25, 0.3) is 11.4 Å². The topological polar surface area (TPSA) is 85.4 Å². The van der Waals surface area contributed by atoms with Gasteiger partial charge < -0.3 is 10.3 Å². The van der Waals surface area contributed by atoms with Crippen LogP contribution >= 0.6 is 0 Å². The minimum absolute atomic E-state index is 0.378. The molecule has 0 bridgehead atoms. The molecule has 0 amide bonds. The van der Waals surface area contributed by atoms with E-state index in [0.717, 1.165) is 12.1 Å². The Morgan fingerprint density at radius 3 is 2.72 bits per heavy atom. The van der Waals surface area contributed by atoms with E-state index in [2.05, 4.69) is 55.2 Å². The lowest BCUT2D eigenvalue weighted by Crippen LogP contribution is -2.22. The monoisotopic (exact) mass is 336 g/mol. The number of nitrogens with two attached hydrogens (primary N) is 1. The Kier molecular flexibility index (Phi) is 4.61. The maximum absolute atomic E-state index is 5.59. The van der Waals surface area contributed by atoms with Crippen LogP contribution < -0.4 is 5.73 Å². The van der Waals surface area contributed by atoms with Crippen molar-refractivity contribution in [3.63, 3.8) is 0 Å². The summed E-state index contributed by atoms with van der Waals surface area (Å²) in [6, 6.07) is 8.73. The van der Waals surface area contributed by atoms with Crippen molar-refractivity contribution in [3.8, 4) is 11.4 Å². The van der Waals surface area contributed by atoms with Gasteiger partial charge in [0.2, 0.25) is 0 Å². The fraction of sp³-hybridized carbons (Fsp3) is 0.421. The van der Waals surface area contributed by atoms with Crippen molar-refractivity contribution >= 4 is 0 Å². The molecule has 3 aromatic rings. The maximum atomic E-state index is 5.59. The van der Waals surface area contributed by atoms with Gasteiger partial charge in [-0.25, -0.2) is 9.97 Å². The number of nitrogens with zero attached hydrogens (tertiary/aromatic N) is 4. The minimum Gasteiger partial charge on any atom is -0.337 e. The maximum Gasteiger partial charge on any atom is 0.181 e. The molecule has 0 aliphatic heterocycles. The first-order valence-corrected chi connectivity index (χ1v) is 9.01. The number of nitrogens with one attached hydrogen (secondary N) is 1. The summed E-state index contributed by atoms with van der Waals surface area (Å²) < 4.78 is 2.21. The van der Waals surface area contributed by atoms with Crippen LogP contribution in [0.3, 0.4) is 0 Å². The van der Waals surface area contributed by atoms with Crippen LogP contribution in [0.5, 0.6) is 0 Å². The third-order valence-electron chi connectivity index (χ3n) is 5.24. The van der Waals surface area contributed by atoms with E-state index in [-0.39, 0.29) is 0 Å². The molecule has 1 aliphatic carbocycles. The van der Waals surface area contributed by atoms with Gasteiger partial charge in [0.25, 0.3) is 0 Å². The fourth-order valence-corrected chi connectivity index (χ4v) is 3.93. The number of imidazole rings is 1. The summed E-state index contributed by atoms with van der Waals surface area (Å²) >= 11 is 0.